The van der Waals surface area contributed by atoms with Crippen molar-refractivity contribution in [1.82, 2.24) is 40.4 Å². The van der Waals surface area contributed by atoms with Gasteiger partial charge in [0.1, 0.15) is 29.5 Å². The fourth-order valence-corrected chi connectivity index (χ4v) is 6.72. The minimum absolute atomic E-state index is 0.250. The first-order valence-corrected chi connectivity index (χ1v) is 16.5. The van der Waals surface area contributed by atoms with Crippen LogP contribution < -0.4 is 10.6 Å². The Labute approximate surface area is 287 Å². The highest BCUT2D eigenvalue weighted by molar-refractivity contribution is 5.86. The number of carbonyl (C=O) groups excluding carboxylic acids is 3. The number of aromatic nitrogens is 4. The summed E-state index contributed by atoms with van der Waals surface area (Å²) < 4.78 is 20.1. The number of hydrogen-bond donors (Lipinski definition) is 5. The summed E-state index contributed by atoms with van der Waals surface area (Å²) in [6, 6.07) is 10.4. The highest BCUT2D eigenvalue weighted by Gasteiger charge is 2.36. The van der Waals surface area contributed by atoms with E-state index in [0.29, 0.717) is 54.4 Å². The third-order valence-electron chi connectivity index (χ3n) is 9.28. The molecule has 2 aromatic carbocycles. The molecule has 4 amide bonds. The topological polar surface area (TPSA) is 186 Å². The van der Waals surface area contributed by atoms with E-state index in [-0.39, 0.29) is 23.9 Å². The first-order chi connectivity index (χ1) is 24.0. The predicted molar refractivity (Wildman–Crippen MR) is 180 cm³/mol. The number of benzene rings is 2. The first-order valence-electron chi connectivity index (χ1n) is 16.5. The molecule has 2 fully saturated rings. The van der Waals surface area contributed by atoms with Crippen molar-refractivity contribution in [2.75, 3.05) is 20.2 Å². The second kappa shape index (κ2) is 14.4. The molecule has 4 heterocycles. The van der Waals surface area contributed by atoms with Crippen LogP contribution >= 0.6 is 0 Å². The average Bonchev–Trinajstić information content (AvgIpc) is 3.93. The highest BCUT2D eigenvalue weighted by Crippen LogP contribution is 2.35. The monoisotopic (exact) mass is 686 g/mol. The lowest BCUT2D eigenvalue weighted by Gasteiger charge is -2.26. The van der Waals surface area contributed by atoms with Gasteiger partial charge in [-0.05, 0) is 68.4 Å². The number of carboxylic acid groups (broad SMARTS) is 1. The normalized spacial score (nSPS) is 18.5. The van der Waals surface area contributed by atoms with Crippen LogP contribution in [0.1, 0.15) is 63.3 Å². The van der Waals surface area contributed by atoms with Crippen molar-refractivity contribution in [3.63, 3.8) is 0 Å². The van der Waals surface area contributed by atoms with Crippen molar-refractivity contribution in [3.8, 4) is 33.6 Å². The molecule has 15 heteroatoms. The minimum Gasteiger partial charge on any atom is -0.465 e. The summed E-state index contributed by atoms with van der Waals surface area (Å²) in [5.74, 6) is 0.207. The Morgan fingerprint density at radius 3 is 1.90 bits per heavy atom. The van der Waals surface area contributed by atoms with Crippen LogP contribution in [0, 0.1) is 5.82 Å². The minimum atomic E-state index is -1.25. The number of ether oxygens (including phenoxy) is 1. The van der Waals surface area contributed by atoms with E-state index >= 15 is 4.39 Å². The summed E-state index contributed by atoms with van der Waals surface area (Å²) in [5.41, 5.74) is 3.96. The SMILES string of the molecule is COC(=O)N[C@@H](C)C(=O)N1CCC[C@H]1c1ncc(-c2ccc(-c3ccc(-c4cnc([C@@H]5CCCN5C(=O)[C@H](C)NC(=O)O)[nH]4)cc3)cc2F)[nH]1. The van der Waals surface area contributed by atoms with E-state index in [2.05, 4.69) is 35.3 Å². The smallest absolute Gasteiger partial charge is 0.407 e. The number of amides is 4. The van der Waals surface area contributed by atoms with E-state index in [0.717, 1.165) is 29.7 Å². The maximum absolute atomic E-state index is 15.5. The Balaban J connectivity index is 1.12. The molecule has 0 bridgehead atoms. The molecule has 0 spiro atoms. The molecular formula is C35H39FN8O6. The summed E-state index contributed by atoms with van der Waals surface area (Å²) in [7, 11) is 1.24. The van der Waals surface area contributed by atoms with Gasteiger partial charge in [0.15, 0.2) is 0 Å². The fraction of sp³-hybridized carbons (Fsp3) is 0.371. The van der Waals surface area contributed by atoms with Crippen molar-refractivity contribution in [1.29, 1.82) is 0 Å². The van der Waals surface area contributed by atoms with Gasteiger partial charge >= 0.3 is 12.2 Å². The Morgan fingerprint density at radius 1 is 0.820 bits per heavy atom. The molecule has 5 N–H and O–H groups in total. The molecule has 0 unspecified atom stereocenters. The van der Waals surface area contributed by atoms with E-state index in [1.165, 1.54) is 20.1 Å². The van der Waals surface area contributed by atoms with Gasteiger partial charge in [-0.15, -0.1) is 0 Å². The van der Waals surface area contributed by atoms with Crippen LogP contribution in [0.2, 0.25) is 0 Å². The zero-order valence-corrected chi connectivity index (χ0v) is 27.9. The third-order valence-corrected chi connectivity index (χ3v) is 9.28. The molecule has 6 rings (SSSR count). The van der Waals surface area contributed by atoms with Gasteiger partial charge in [-0.25, -0.2) is 23.9 Å². The second-order valence-electron chi connectivity index (χ2n) is 12.5. The Hall–Kier alpha value is -5.73. The number of aromatic amines is 2. The highest BCUT2D eigenvalue weighted by atomic mass is 19.1. The number of hydrogen-bond acceptors (Lipinski definition) is 7. The van der Waals surface area contributed by atoms with E-state index in [1.54, 1.807) is 35.2 Å². The number of carbonyl (C=O) groups is 4. The Bertz CT molecular complexity index is 1890. The number of nitrogens with one attached hydrogen (secondary N) is 4. The summed E-state index contributed by atoms with van der Waals surface area (Å²) in [6.07, 6.45) is 4.29. The number of imidazole rings is 2. The third kappa shape index (κ3) is 7.02. The van der Waals surface area contributed by atoms with E-state index in [1.807, 2.05) is 30.3 Å². The van der Waals surface area contributed by atoms with Gasteiger partial charge in [0, 0.05) is 18.7 Å². The first kappa shape index (κ1) is 34.1. The van der Waals surface area contributed by atoms with Crippen molar-refractivity contribution >= 4 is 24.0 Å². The van der Waals surface area contributed by atoms with Gasteiger partial charge in [-0.1, -0.05) is 30.3 Å². The Kier molecular flexibility index (Phi) is 9.83. The average molecular weight is 687 g/mol. The van der Waals surface area contributed by atoms with Crippen LogP contribution in [0.3, 0.4) is 0 Å². The maximum atomic E-state index is 15.5. The molecule has 2 aliphatic heterocycles. The molecule has 0 radical (unpaired) electrons. The molecule has 4 atom stereocenters. The largest absolute Gasteiger partial charge is 0.465 e. The van der Waals surface area contributed by atoms with Crippen LogP contribution in [0.5, 0.6) is 0 Å². The van der Waals surface area contributed by atoms with Gasteiger partial charge in [-0.3, -0.25) is 9.59 Å². The number of alkyl carbamates (subject to hydrolysis) is 1. The summed E-state index contributed by atoms with van der Waals surface area (Å²) in [5, 5.41) is 13.7. The lowest BCUT2D eigenvalue weighted by Crippen LogP contribution is -2.46. The van der Waals surface area contributed by atoms with Crippen LogP contribution in [0.4, 0.5) is 14.0 Å². The van der Waals surface area contributed by atoms with Crippen molar-refractivity contribution in [2.24, 2.45) is 0 Å². The van der Waals surface area contributed by atoms with E-state index in [9.17, 15) is 19.2 Å². The predicted octanol–water partition coefficient (Wildman–Crippen LogP) is 5.00. The molecule has 50 heavy (non-hydrogen) atoms. The number of halogens is 1. The van der Waals surface area contributed by atoms with Crippen LogP contribution in [0.25, 0.3) is 33.6 Å². The zero-order valence-electron chi connectivity index (χ0n) is 27.9. The summed E-state index contributed by atoms with van der Waals surface area (Å²) >= 11 is 0. The molecule has 0 aliphatic carbocycles. The molecule has 14 nitrogen and oxygen atoms in total. The number of likely N-dealkylation sites (tertiary alicyclic amines) is 2. The summed E-state index contributed by atoms with van der Waals surface area (Å²) in [4.78, 5) is 67.4. The fourth-order valence-electron chi connectivity index (χ4n) is 6.72. The molecule has 0 saturated carbocycles. The van der Waals surface area contributed by atoms with Gasteiger partial charge in [0.25, 0.3) is 0 Å². The van der Waals surface area contributed by atoms with Crippen molar-refractivity contribution < 1.29 is 33.4 Å². The molecule has 2 saturated heterocycles. The standard InChI is InChI=1S/C35H39FN8O6/c1-19(39-34(47)48)32(45)43-14-4-6-28(43)30-37-17-26(41-30)22-10-8-21(9-11-22)23-12-13-24(25(36)16-23)27-18-38-31(42-27)29-7-5-15-44(29)33(46)20(2)40-35(49)50-3/h8-13,16-20,28-29,39H,4-7,14-15H2,1-3H3,(H,37,41)(H,38,42)(H,40,49)(H,47,48)/t19-,20-,28-,29-/m0/s1. The quantitative estimate of drug-likeness (QED) is 0.163. The van der Waals surface area contributed by atoms with Gasteiger partial charge < -0.3 is 40.2 Å². The van der Waals surface area contributed by atoms with Gasteiger partial charge in [0.05, 0.1) is 43.0 Å². The molecule has 2 aliphatic rings. The van der Waals surface area contributed by atoms with Crippen molar-refractivity contribution in [2.45, 2.75) is 63.7 Å². The van der Waals surface area contributed by atoms with Crippen LogP contribution in [0.15, 0.2) is 54.9 Å². The van der Waals surface area contributed by atoms with E-state index < -0.39 is 30.1 Å². The number of rotatable bonds is 9. The summed E-state index contributed by atoms with van der Waals surface area (Å²) in [6.45, 7) is 4.17. The lowest BCUT2D eigenvalue weighted by atomic mass is 10.0. The molecule has 262 valence electrons. The van der Waals surface area contributed by atoms with Crippen LogP contribution in [-0.2, 0) is 14.3 Å². The number of methoxy groups -OCH3 is 1. The van der Waals surface area contributed by atoms with E-state index in [4.69, 9.17) is 5.11 Å². The number of nitrogens with zero attached hydrogens (tertiary/aromatic N) is 4. The maximum Gasteiger partial charge on any atom is 0.407 e. The lowest BCUT2D eigenvalue weighted by molar-refractivity contribution is -0.134. The Morgan fingerprint density at radius 2 is 1.34 bits per heavy atom. The second-order valence-corrected chi connectivity index (χ2v) is 12.5. The van der Waals surface area contributed by atoms with Crippen molar-refractivity contribution in [3.05, 3.63) is 72.3 Å². The molecular weight excluding hydrogens is 647 g/mol. The van der Waals surface area contributed by atoms with Crippen LogP contribution in [-0.4, -0.2) is 91.1 Å². The van der Waals surface area contributed by atoms with Gasteiger partial charge in [0.2, 0.25) is 11.8 Å². The zero-order chi connectivity index (χ0) is 35.5. The van der Waals surface area contributed by atoms with Gasteiger partial charge in [-0.2, -0.15) is 0 Å². The molecule has 4 aromatic rings. The number of H-pyrrole nitrogens is 2. The molecule has 2 aromatic heterocycles.